The molecule has 1 amide bonds. The highest BCUT2D eigenvalue weighted by Gasteiger charge is 2.47. The monoisotopic (exact) mass is 652 g/mol. The molecule has 3 unspecified atom stereocenters. The fourth-order valence-electron chi connectivity index (χ4n) is 5.65. The van der Waals surface area contributed by atoms with Crippen molar-refractivity contribution in [3.63, 3.8) is 0 Å². The molecular formula is C35H60N2O9. The molecule has 10 atom stereocenters. The lowest BCUT2D eigenvalue weighted by Crippen LogP contribution is -2.46. The SMILES string of the molecule is CCC(O)C(C)[C@H]1O[C@@H]1CC(C)(O)/C=C/C=C(\C)[C@H]1OC(=O)C[C@@H](O)CC[C@](C)(OC)[C@@H](OC(=O)N(C)CCN(C)C)/C=C/[C@@H]1C. The molecule has 0 bridgehead atoms. The van der Waals surface area contributed by atoms with E-state index in [0.717, 1.165) is 5.57 Å². The van der Waals surface area contributed by atoms with E-state index in [-0.39, 0.29) is 36.9 Å². The molecule has 11 nitrogen and oxygen atoms in total. The molecule has 0 spiro atoms. The Bertz CT molecular complexity index is 1070. The number of carbonyl (C=O) groups is 2. The Balaban J connectivity index is 2.26. The summed E-state index contributed by atoms with van der Waals surface area (Å²) in [6.45, 7) is 12.3. The van der Waals surface area contributed by atoms with Crippen molar-refractivity contribution in [1.82, 2.24) is 9.80 Å². The van der Waals surface area contributed by atoms with Crippen molar-refractivity contribution < 1.29 is 43.9 Å². The molecule has 0 aromatic heterocycles. The maximum atomic E-state index is 13.0. The molecule has 1 fully saturated rings. The summed E-state index contributed by atoms with van der Waals surface area (Å²) < 4.78 is 23.5. The van der Waals surface area contributed by atoms with Crippen LogP contribution in [0.25, 0.3) is 0 Å². The smallest absolute Gasteiger partial charge is 0.410 e. The number of nitrogens with zero attached hydrogens (tertiary/aromatic N) is 2. The van der Waals surface area contributed by atoms with Crippen molar-refractivity contribution in [2.45, 2.75) is 121 Å². The number of aliphatic hydroxyl groups is 3. The van der Waals surface area contributed by atoms with Gasteiger partial charge >= 0.3 is 12.1 Å². The number of aliphatic hydroxyl groups excluding tert-OH is 2. The average Bonchev–Trinajstić information content (AvgIpc) is 3.75. The van der Waals surface area contributed by atoms with Gasteiger partial charge in [0, 0.05) is 45.5 Å². The van der Waals surface area contributed by atoms with Crippen molar-refractivity contribution in [1.29, 1.82) is 0 Å². The second-order valence-electron chi connectivity index (χ2n) is 13.9. The maximum Gasteiger partial charge on any atom is 0.410 e. The molecular weight excluding hydrogens is 592 g/mol. The van der Waals surface area contributed by atoms with Crippen molar-refractivity contribution in [2.75, 3.05) is 41.3 Å². The zero-order chi connectivity index (χ0) is 34.8. The third kappa shape index (κ3) is 12.4. The maximum absolute atomic E-state index is 13.0. The standard InChI is InChI=1S/C35H60N2O9/c1-11-27(39)25(4)32-28(44-32)22-34(5,42)17-12-13-23(2)31-24(3)14-15-29(45-33(41)37(9)20-19-36(7)8)35(6,43-10)18-16-26(38)21-30(40)46-31/h12-15,17,24-29,31-32,38-39,42H,11,16,18-22H2,1-10H3/b15-14+,17-12+,23-13+/t24-,25?,26-,27?,28+,29-,31+,32+,34?,35-/m0/s1. The number of amides is 1. The second kappa shape index (κ2) is 17.8. The average molecular weight is 653 g/mol. The van der Waals surface area contributed by atoms with Crippen LogP contribution in [0.3, 0.4) is 0 Å². The minimum absolute atomic E-state index is 0.00498. The number of hydrogen-bond acceptors (Lipinski definition) is 10. The number of hydrogen-bond donors (Lipinski definition) is 3. The van der Waals surface area contributed by atoms with Gasteiger partial charge in [-0.2, -0.15) is 0 Å². The zero-order valence-corrected chi connectivity index (χ0v) is 29.6. The van der Waals surface area contributed by atoms with E-state index in [1.165, 1.54) is 4.90 Å². The lowest BCUT2D eigenvalue weighted by atomic mass is 9.88. The van der Waals surface area contributed by atoms with Crippen LogP contribution in [0.4, 0.5) is 4.79 Å². The number of ether oxygens (including phenoxy) is 4. The fourth-order valence-corrected chi connectivity index (χ4v) is 5.65. The van der Waals surface area contributed by atoms with Gasteiger partial charge in [-0.3, -0.25) is 4.79 Å². The van der Waals surface area contributed by atoms with Gasteiger partial charge in [0.1, 0.15) is 11.7 Å². The molecule has 0 aromatic carbocycles. The molecule has 3 N–H and O–H groups in total. The van der Waals surface area contributed by atoms with Crippen molar-refractivity contribution in [2.24, 2.45) is 11.8 Å². The van der Waals surface area contributed by atoms with Crippen LogP contribution in [0.1, 0.15) is 73.6 Å². The van der Waals surface area contributed by atoms with Crippen LogP contribution in [-0.2, 0) is 23.7 Å². The van der Waals surface area contributed by atoms with E-state index in [1.54, 1.807) is 45.4 Å². The summed E-state index contributed by atoms with van der Waals surface area (Å²) in [6.07, 6.45) is 6.75. The van der Waals surface area contributed by atoms with Gasteiger partial charge in [0.25, 0.3) is 0 Å². The predicted octanol–water partition coefficient (Wildman–Crippen LogP) is 3.86. The molecule has 0 aliphatic carbocycles. The van der Waals surface area contributed by atoms with Gasteiger partial charge in [-0.05, 0) is 65.8 Å². The summed E-state index contributed by atoms with van der Waals surface area (Å²) in [7, 11) is 7.09. The Kier molecular flexibility index (Phi) is 15.4. The molecule has 264 valence electrons. The minimum Gasteiger partial charge on any atom is -0.457 e. The Hall–Kier alpha value is -2.28. The highest BCUT2D eigenvalue weighted by molar-refractivity contribution is 5.70. The topological polar surface area (TPSA) is 142 Å². The van der Waals surface area contributed by atoms with Crippen molar-refractivity contribution >= 4 is 12.1 Å². The van der Waals surface area contributed by atoms with Crippen molar-refractivity contribution in [3.8, 4) is 0 Å². The largest absolute Gasteiger partial charge is 0.457 e. The zero-order valence-electron chi connectivity index (χ0n) is 29.6. The first-order valence-corrected chi connectivity index (χ1v) is 16.5. The van der Waals surface area contributed by atoms with E-state index >= 15 is 0 Å². The molecule has 0 aromatic rings. The van der Waals surface area contributed by atoms with Crippen LogP contribution in [-0.4, -0.2) is 126 Å². The quantitative estimate of drug-likeness (QED) is 0.116. The van der Waals surface area contributed by atoms with Gasteiger partial charge in [0.05, 0.1) is 36.4 Å². The minimum atomic E-state index is -1.15. The van der Waals surface area contributed by atoms with E-state index < -0.39 is 47.7 Å². The number of likely N-dealkylation sites (N-methyl/N-ethyl adjacent to an activating group) is 2. The third-order valence-electron chi connectivity index (χ3n) is 9.23. The van der Waals surface area contributed by atoms with Gasteiger partial charge in [-0.25, -0.2) is 4.79 Å². The first kappa shape index (κ1) is 39.9. The number of esters is 1. The number of allylic oxidation sites excluding steroid dienone is 2. The van der Waals surface area contributed by atoms with E-state index in [9.17, 15) is 24.9 Å². The van der Waals surface area contributed by atoms with Crippen LogP contribution >= 0.6 is 0 Å². The van der Waals surface area contributed by atoms with E-state index in [2.05, 4.69) is 0 Å². The van der Waals surface area contributed by atoms with E-state index in [4.69, 9.17) is 18.9 Å². The Morgan fingerprint density at radius 3 is 2.54 bits per heavy atom. The molecule has 0 saturated carbocycles. The molecule has 2 rings (SSSR count). The summed E-state index contributed by atoms with van der Waals surface area (Å²) in [5.41, 5.74) is -1.37. The third-order valence-corrected chi connectivity index (χ3v) is 9.23. The Morgan fingerprint density at radius 1 is 1.26 bits per heavy atom. The highest BCUT2D eigenvalue weighted by Crippen LogP contribution is 2.37. The number of carbonyl (C=O) groups excluding carboxylic acids is 2. The molecule has 2 aliphatic heterocycles. The van der Waals surface area contributed by atoms with Gasteiger partial charge in [0.2, 0.25) is 0 Å². The first-order chi connectivity index (χ1) is 21.4. The normalized spacial score (nSPS) is 32.9. The molecule has 2 aliphatic rings. The number of rotatable bonds is 13. The van der Waals surface area contributed by atoms with E-state index in [1.807, 2.05) is 59.7 Å². The Labute approximate surface area is 276 Å². The fraction of sp³-hybridized carbons (Fsp3) is 0.771. The molecule has 11 heteroatoms. The van der Waals surface area contributed by atoms with Crippen LogP contribution in [0, 0.1) is 11.8 Å². The van der Waals surface area contributed by atoms with Crippen LogP contribution in [0.5, 0.6) is 0 Å². The Morgan fingerprint density at radius 2 is 1.93 bits per heavy atom. The highest BCUT2D eigenvalue weighted by atomic mass is 16.6. The molecule has 0 radical (unpaired) electrons. The van der Waals surface area contributed by atoms with Gasteiger partial charge in [0.15, 0.2) is 6.10 Å². The second-order valence-corrected chi connectivity index (χ2v) is 13.9. The number of methoxy groups -OCH3 is 1. The van der Waals surface area contributed by atoms with Crippen LogP contribution in [0.15, 0.2) is 36.0 Å². The summed E-state index contributed by atoms with van der Waals surface area (Å²) in [5.74, 6) is -0.854. The predicted molar refractivity (Wildman–Crippen MR) is 177 cm³/mol. The van der Waals surface area contributed by atoms with Gasteiger partial charge in [-0.15, -0.1) is 0 Å². The number of cyclic esters (lactones) is 1. The molecule has 46 heavy (non-hydrogen) atoms. The van der Waals surface area contributed by atoms with Crippen LogP contribution in [0.2, 0.25) is 0 Å². The summed E-state index contributed by atoms with van der Waals surface area (Å²) >= 11 is 0. The van der Waals surface area contributed by atoms with Crippen molar-refractivity contribution in [3.05, 3.63) is 36.0 Å². The lowest BCUT2D eigenvalue weighted by molar-refractivity contribution is -0.151. The first-order valence-electron chi connectivity index (χ1n) is 16.5. The van der Waals surface area contributed by atoms with Crippen LogP contribution < -0.4 is 0 Å². The number of epoxide rings is 1. The summed E-state index contributed by atoms with van der Waals surface area (Å²) in [5, 5.41) is 31.8. The molecule has 2 heterocycles. The summed E-state index contributed by atoms with van der Waals surface area (Å²) in [6, 6.07) is 0. The summed E-state index contributed by atoms with van der Waals surface area (Å²) in [4.78, 5) is 29.4. The van der Waals surface area contributed by atoms with E-state index in [0.29, 0.717) is 32.4 Å². The van der Waals surface area contributed by atoms with Gasteiger partial charge < -0.3 is 44.1 Å². The molecule has 1 saturated heterocycles. The van der Waals surface area contributed by atoms with Gasteiger partial charge in [-0.1, -0.05) is 45.1 Å². The lowest BCUT2D eigenvalue weighted by Gasteiger charge is -2.36.